The van der Waals surface area contributed by atoms with Crippen LogP contribution in [0.1, 0.15) is 15.9 Å². The van der Waals surface area contributed by atoms with Crippen molar-refractivity contribution in [1.82, 2.24) is 0 Å². The number of para-hydroxylation sites is 1. The predicted molar refractivity (Wildman–Crippen MR) is 118 cm³/mol. The van der Waals surface area contributed by atoms with Gasteiger partial charge in [-0.15, -0.1) is 0 Å². The molecule has 0 fully saturated rings. The second kappa shape index (κ2) is 9.21. The Morgan fingerprint density at radius 3 is 2.13 bits per heavy atom. The van der Waals surface area contributed by atoms with Crippen molar-refractivity contribution < 1.29 is 22.0 Å². The molecule has 0 saturated heterocycles. The molecule has 0 bridgehead atoms. The summed E-state index contributed by atoms with van der Waals surface area (Å²) in [4.78, 5) is 12.3. The molecule has 0 radical (unpaired) electrons. The SMILES string of the molecule is CS(=O)(=O)N(Cc1ccc(C(=O)Nc2c(F)cccc2F)cc1)c1cccc(Cl)c1Cl. The third kappa shape index (κ3) is 5.33. The summed E-state index contributed by atoms with van der Waals surface area (Å²) in [5.74, 6) is -2.51. The Morgan fingerprint density at radius 1 is 0.968 bits per heavy atom. The van der Waals surface area contributed by atoms with E-state index in [4.69, 9.17) is 23.2 Å². The molecule has 0 atom stereocenters. The summed E-state index contributed by atoms with van der Waals surface area (Å²) in [6.07, 6.45) is 1.04. The van der Waals surface area contributed by atoms with Crippen molar-refractivity contribution in [3.05, 3.63) is 93.5 Å². The number of amides is 1. The molecule has 3 aromatic carbocycles. The number of sulfonamides is 1. The molecule has 5 nitrogen and oxygen atoms in total. The van der Waals surface area contributed by atoms with Gasteiger partial charge in [0.1, 0.15) is 17.3 Å². The van der Waals surface area contributed by atoms with E-state index in [1.165, 1.54) is 36.4 Å². The Morgan fingerprint density at radius 2 is 1.55 bits per heavy atom. The maximum Gasteiger partial charge on any atom is 0.255 e. The molecule has 0 spiro atoms. The Kier molecular flexibility index (Phi) is 6.83. The van der Waals surface area contributed by atoms with E-state index in [1.54, 1.807) is 12.1 Å². The van der Waals surface area contributed by atoms with Crippen molar-refractivity contribution >= 4 is 50.5 Å². The predicted octanol–water partition coefficient (Wildman–Crippen LogP) is 5.49. The zero-order valence-corrected chi connectivity index (χ0v) is 18.4. The lowest BCUT2D eigenvalue weighted by Crippen LogP contribution is -2.29. The third-order valence-electron chi connectivity index (χ3n) is 4.34. The van der Waals surface area contributed by atoms with Gasteiger partial charge in [-0.05, 0) is 42.0 Å². The standard InChI is InChI=1S/C21H16Cl2F2N2O3S/c1-31(29,30)27(18-7-2-4-15(22)19(18)23)12-13-8-10-14(11-9-13)21(28)26-20-16(24)5-3-6-17(20)25/h2-11H,12H2,1H3,(H,26,28). The first-order valence-corrected chi connectivity index (χ1v) is 11.4. The summed E-state index contributed by atoms with van der Waals surface area (Å²) >= 11 is 12.2. The highest BCUT2D eigenvalue weighted by Crippen LogP contribution is 2.34. The number of carbonyl (C=O) groups excluding carboxylic acids is 1. The van der Waals surface area contributed by atoms with Crippen molar-refractivity contribution in [3.8, 4) is 0 Å². The number of benzene rings is 3. The van der Waals surface area contributed by atoms with Gasteiger partial charge >= 0.3 is 0 Å². The number of nitrogens with zero attached hydrogens (tertiary/aromatic N) is 1. The summed E-state index contributed by atoms with van der Waals surface area (Å²) in [7, 11) is -3.70. The van der Waals surface area contributed by atoms with Gasteiger partial charge in [0, 0.05) is 5.56 Å². The third-order valence-corrected chi connectivity index (χ3v) is 6.28. The quantitative estimate of drug-likeness (QED) is 0.502. The molecule has 0 aliphatic heterocycles. The molecular formula is C21H16Cl2F2N2O3S. The van der Waals surface area contributed by atoms with Crippen LogP contribution in [0.5, 0.6) is 0 Å². The number of rotatable bonds is 6. The van der Waals surface area contributed by atoms with E-state index in [-0.39, 0.29) is 27.8 Å². The molecule has 31 heavy (non-hydrogen) atoms. The molecular weight excluding hydrogens is 469 g/mol. The highest BCUT2D eigenvalue weighted by molar-refractivity contribution is 7.92. The van der Waals surface area contributed by atoms with Gasteiger partial charge in [0.2, 0.25) is 10.0 Å². The number of hydrogen-bond donors (Lipinski definition) is 1. The minimum Gasteiger partial charge on any atom is -0.317 e. The van der Waals surface area contributed by atoms with Crippen LogP contribution < -0.4 is 9.62 Å². The zero-order chi connectivity index (χ0) is 22.8. The second-order valence-electron chi connectivity index (χ2n) is 6.59. The topological polar surface area (TPSA) is 66.5 Å². The average Bonchev–Trinajstić information content (AvgIpc) is 2.71. The number of nitrogens with one attached hydrogen (secondary N) is 1. The Bertz CT molecular complexity index is 1220. The smallest absolute Gasteiger partial charge is 0.255 e. The van der Waals surface area contributed by atoms with E-state index >= 15 is 0 Å². The van der Waals surface area contributed by atoms with Crippen molar-refractivity contribution in [3.63, 3.8) is 0 Å². The Balaban J connectivity index is 1.83. The molecule has 0 aliphatic rings. The summed E-state index contributed by atoms with van der Waals surface area (Å²) in [5, 5.41) is 2.49. The molecule has 0 unspecified atom stereocenters. The molecule has 10 heteroatoms. The van der Waals surface area contributed by atoms with E-state index in [0.29, 0.717) is 5.56 Å². The van der Waals surface area contributed by atoms with Gasteiger partial charge in [0.25, 0.3) is 5.91 Å². The minimum absolute atomic E-state index is 0.0667. The molecule has 0 saturated carbocycles. The maximum absolute atomic E-state index is 13.7. The van der Waals surface area contributed by atoms with E-state index in [2.05, 4.69) is 5.32 Å². The first kappa shape index (κ1) is 23.0. The van der Waals surface area contributed by atoms with Crippen LogP contribution in [-0.4, -0.2) is 20.6 Å². The highest BCUT2D eigenvalue weighted by atomic mass is 35.5. The summed E-state index contributed by atoms with van der Waals surface area (Å²) in [6.45, 7) is -0.0667. The fraction of sp³-hybridized carbons (Fsp3) is 0.0952. The van der Waals surface area contributed by atoms with Crippen LogP contribution in [0.25, 0.3) is 0 Å². The van der Waals surface area contributed by atoms with Gasteiger partial charge in [0.05, 0.1) is 28.5 Å². The summed E-state index contributed by atoms with van der Waals surface area (Å²) < 4.78 is 53.2. The normalized spacial score (nSPS) is 11.3. The number of anilines is 2. The van der Waals surface area contributed by atoms with Crippen LogP contribution in [-0.2, 0) is 16.6 Å². The largest absolute Gasteiger partial charge is 0.317 e. The van der Waals surface area contributed by atoms with Crippen LogP contribution in [0.15, 0.2) is 60.7 Å². The van der Waals surface area contributed by atoms with E-state index < -0.39 is 33.3 Å². The fourth-order valence-corrected chi connectivity index (χ4v) is 4.14. The van der Waals surface area contributed by atoms with Gasteiger partial charge in [-0.25, -0.2) is 17.2 Å². The Labute approximate surface area is 188 Å². The monoisotopic (exact) mass is 484 g/mol. The first-order chi connectivity index (χ1) is 14.6. The van der Waals surface area contributed by atoms with Crippen molar-refractivity contribution in [2.45, 2.75) is 6.54 Å². The summed E-state index contributed by atoms with van der Waals surface area (Å²) in [6, 6.07) is 13.8. The average molecular weight is 485 g/mol. The molecule has 0 aliphatic carbocycles. The summed E-state index contributed by atoms with van der Waals surface area (Å²) in [5.41, 5.74) is 0.358. The van der Waals surface area contributed by atoms with Gasteiger partial charge in [0.15, 0.2) is 0 Å². The van der Waals surface area contributed by atoms with Crippen LogP contribution in [0.2, 0.25) is 10.0 Å². The number of carbonyl (C=O) groups is 1. The highest BCUT2D eigenvalue weighted by Gasteiger charge is 2.22. The number of halogens is 4. The molecule has 1 amide bonds. The van der Waals surface area contributed by atoms with E-state index in [1.807, 2.05) is 0 Å². The van der Waals surface area contributed by atoms with E-state index in [9.17, 15) is 22.0 Å². The second-order valence-corrected chi connectivity index (χ2v) is 9.28. The van der Waals surface area contributed by atoms with Crippen LogP contribution in [0.4, 0.5) is 20.2 Å². The van der Waals surface area contributed by atoms with Crippen molar-refractivity contribution in [1.29, 1.82) is 0 Å². The van der Waals surface area contributed by atoms with Crippen molar-refractivity contribution in [2.75, 3.05) is 15.9 Å². The lowest BCUT2D eigenvalue weighted by atomic mass is 10.1. The van der Waals surface area contributed by atoms with E-state index in [0.717, 1.165) is 22.7 Å². The molecule has 0 heterocycles. The Hall–Kier alpha value is -2.68. The lowest BCUT2D eigenvalue weighted by molar-refractivity contribution is 0.102. The molecule has 162 valence electrons. The zero-order valence-electron chi connectivity index (χ0n) is 16.1. The molecule has 3 aromatic rings. The van der Waals surface area contributed by atoms with Crippen LogP contribution in [0, 0.1) is 11.6 Å². The lowest BCUT2D eigenvalue weighted by Gasteiger charge is -2.24. The van der Waals surface area contributed by atoms with Gasteiger partial charge in [-0.3, -0.25) is 9.10 Å². The van der Waals surface area contributed by atoms with Crippen molar-refractivity contribution in [2.24, 2.45) is 0 Å². The van der Waals surface area contributed by atoms with Crippen LogP contribution in [0.3, 0.4) is 0 Å². The van der Waals surface area contributed by atoms with Gasteiger partial charge in [-0.2, -0.15) is 0 Å². The fourth-order valence-electron chi connectivity index (χ4n) is 2.80. The van der Waals surface area contributed by atoms with Gasteiger partial charge < -0.3 is 5.32 Å². The number of hydrogen-bond acceptors (Lipinski definition) is 3. The molecule has 0 aromatic heterocycles. The first-order valence-electron chi connectivity index (χ1n) is 8.84. The minimum atomic E-state index is -3.70. The maximum atomic E-state index is 13.7. The van der Waals surface area contributed by atoms with Crippen LogP contribution >= 0.6 is 23.2 Å². The molecule has 1 N–H and O–H groups in total. The van der Waals surface area contributed by atoms with Gasteiger partial charge in [-0.1, -0.05) is 47.5 Å². The molecule has 3 rings (SSSR count).